The van der Waals surface area contributed by atoms with E-state index in [1.54, 1.807) is 0 Å². The van der Waals surface area contributed by atoms with E-state index >= 15 is 0 Å². The van der Waals surface area contributed by atoms with Gasteiger partial charge in [-0.2, -0.15) is 0 Å². The first-order chi connectivity index (χ1) is 7.81. The molecule has 0 amide bonds. The van der Waals surface area contributed by atoms with E-state index in [2.05, 4.69) is 5.32 Å². The third-order valence-corrected chi connectivity index (χ3v) is 4.22. The second-order valence-electron chi connectivity index (χ2n) is 5.29. The number of fused-ring (bicyclic) bond motifs is 2. The molecule has 86 valence electrons. The molecule has 1 N–H and O–H groups in total. The van der Waals surface area contributed by atoms with Crippen LogP contribution >= 0.6 is 0 Å². The summed E-state index contributed by atoms with van der Waals surface area (Å²) >= 11 is 0. The van der Waals surface area contributed by atoms with Crippen molar-refractivity contribution in [1.82, 2.24) is 5.32 Å². The largest absolute Gasteiger partial charge is 0.310 e. The van der Waals surface area contributed by atoms with Crippen LogP contribution in [0.5, 0.6) is 0 Å². The molecular weight excluding hydrogens is 201 g/mol. The van der Waals surface area contributed by atoms with Crippen molar-refractivity contribution in [3.05, 3.63) is 35.6 Å². The van der Waals surface area contributed by atoms with Gasteiger partial charge in [-0.15, -0.1) is 0 Å². The molecule has 2 saturated carbocycles. The Balaban J connectivity index is 1.55. The molecule has 1 nitrogen and oxygen atoms in total. The van der Waals surface area contributed by atoms with Gasteiger partial charge in [-0.25, -0.2) is 4.39 Å². The maximum Gasteiger partial charge on any atom is 0.123 e. The Morgan fingerprint density at radius 1 is 1.12 bits per heavy atom. The first kappa shape index (κ1) is 10.3. The van der Waals surface area contributed by atoms with Crippen LogP contribution in [-0.2, 0) is 6.54 Å². The van der Waals surface area contributed by atoms with Crippen molar-refractivity contribution in [2.75, 3.05) is 0 Å². The van der Waals surface area contributed by atoms with Gasteiger partial charge >= 0.3 is 0 Å². The van der Waals surface area contributed by atoms with Crippen LogP contribution in [0, 0.1) is 17.7 Å². The predicted molar refractivity (Wildman–Crippen MR) is 62.5 cm³/mol. The van der Waals surface area contributed by atoms with Crippen molar-refractivity contribution in [3.63, 3.8) is 0 Å². The molecule has 0 spiro atoms. The average Bonchev–Trinajstić information content (AvgIpc) is 2.90. The van der Waals surface area contributed by atoms with E-state index in [4.69, 9.17) is 0 Å². The van der Waals surface area contributed by atoms with E-state index in [0.717, 1.165) is 18.4 Å². The first-order valence-electron chi connectivity index (χ1n) is 6.29. The summed E-state index contributed by atoms with van der Waals surface area (Å²) in [5, 5.41) is 3.63. The highest BCUT2D eigenvalue weighted by molar-refractivity contribution is 5.16. The Morgan fingerprint density at radius 3 is 2.56 bits per heavy atom. The molecule has 2 heteroatoms. The summed E-state index contributed by atoms with van der Waals surface area (Å²) in [5.41, 5.74) is 1.18. The van der Waals surface area contributed by atoms with E-state index < -0.39 is 0 Å². The molecule has 16 heavy (non-hydrogen) atoms. The lowest BCUT2D eigenvalue weighted by atomic mass is 9.95. The number of halogens is 1. The predicted octanol–water partition coefficient (Wildman–Crippen LogP) is 3.10. The third-order valence-electron chi connectivity index (χ3n) is 4.22. The van der Waals surface area contributed by atoms with Gasteiger partial charge in [0.15, 0.2) is 0 Å². The summed E-state index contributed by atoms with van der Waals surface area (Å²) in [6, 6.07) is 7.53. The monoisotopic (exact) mass is 219 g/mol. The van der Waals surface area contributed by atoms with Gasteiger partial charge in [-0.1, -0.05) is 18.6 Å². The Kier molecular flexibility index (Phi) is 2.68. The molecule has 2 aliphatic carbocycles. The second kappa shape index (κ2) is 4.17. The molecular formula is C14H18FN. The van der Waals surface area contributed by atoms with Gasteiger partial charge in [0.05, 0.1) is 0 Å². The molecule has 1 aromatic carbocycles. The Morgan fingerprint density at radius 2 is 1.94 bits per heavy atom. The van der Waals surface area contributed by atoms with Gasteiger partial charge in [0.1, 0.15) is 5.82 Å². The molecule has 3 unspecified atom stereocenters. The van der Waals surface area contributed by atoms with Crippen LogP contribution in [-0.4, -0.2) is 6.04 Å². The Hall–Kier alpha value is -0.890. The molecule has 3 atom stereocenters. The number of rotatable bonds is 3. The fraction of sp³-hybridized carbons (Fsp3) is 0.571. The summed E-state index contributed by atoms with van der Waals surface area (Å²) in [4.78, 5) is 0. The van der Waals surface area contributed by atoms with Gasteiger partial charge in [0.2, 0.25) is 0 Å². The first-order valence-corrected chi connectivity index (χ1v) is 6.29. The van der Waals surface area contributed by atoms with Crippen molar-refractivity contribution in [2.45, 2.75) is 38.3 Å². The van der Waals surface area contributed by atoms with Crippen molar-refractivity contribution in [3.8, 4) is 0 Å². The van der Waals surface area contributed by atoms with E-state index in [-0.39, 0.29) is 5.82 Å². The lowest BCUT2D eigenvalue weighted by molar-refractivity contribution is 0.350. The fourth-order valence-corrected chi connectivity index (χ4v) is 3.35. The van der Waals surface area contributed by atoms with Crippen LogP contribution in [0.4, 0.5) is 4.39 Å². The molecule has 0 radical (unpaired) electrons. The fourth-order valence-electron chi connectivity index (χ4n) is 3.35. The number of hydrogen-bond acceptors (Lipinski definition) is 1. The lowest BCUT2D eigenvalue weighted by Crippen LogP contribution is -2.33. The van der Waals surface area contributed by atoms with Crippen molar-refractivity contribution < 1.29 is 4.39 Å². The van der Waals surface area contributed by atoms with Gasteiger partial charge in [0, 0.05) is 12.6 Å². The molecule has 0 saturated heterocycles. The van der Waals surface area contributed by atoms with Gasteiger partial charge < -0.3 is 5.32 Å². The van der Waals surface area contributed by atoms with E-state index in [0.29, 0.717) is 6.04 Å². The van der Waals surface area contributed by atoms with Crippen LogP contribution in [0.2, 0.25) is 0 Å². The molecule has 1 aromatic rings. The minimum atomic E-state index is -0.149. The summed E-state index contributed by atoms with van der Waals surface area (Å²) in [6.07, 6.45) is 5.64. The quantitative estimate of drug-likeness (QED) is 0.823. The summed E-state index contributed by atoms with van der Waals surface area (Å²) in [5.74, 6) is 1.74. The zero-order valence-electron chi connectivity index (χ0n) is 9.45. The van der Waals surface area contributed by atoms with Crippen LogP contribution < -0.4 is 5.32 Å². The zero-order valence-corrected chi connectivity index (χ0v) is 9.45. The van der Waals surface area contributed by atoms with Crippen molar-refractivity contribution >= 4 is 0 Å². The standard InChI is InChI=1S/C14H18FN/c15-13-5-2-10(3-6-13)9-16-14-8-11-1-4-12(14)7-11/h2-3,5-6,11-12,14,16H,1,4,7-9H2. The minimum absolute atomic E-state index is 0.149. The number of nitrogens with one attached hydrogen (secondary N) is 1. The molecule has 2 bridgehead atoms. The normalized spacial score (nSPS) is 32.2. The maximum absolute atomic E-state index is 12.7. The molecule has 0 aromatic heterocycles. The van der Waals surface area contributed by atoms with Gasteiger partial charge in [0.25, 0.3) is 0 Å². The van der Waals surface area contributed by atoms with Crippen LogP contribution in [0.25, 0.3) is 0 Å². The molecule has 0 aliphatic heterocycles. The highest BCUT2D eigenvalue weighted by atomic mass is 19.1. The van der Waals surface area contributed by atoms with Crippen LogP contribution in [0.1, 0.15) is 31.2 Å². The van der Waals surface area contributed by atoms with Gasteiger partial charge in [-0.3, -0.25) is 0 Å². The van der Waals surface area contributed by atoms with E-state index in [1.165, 1.54) is 43.4 Å². The second-order valence-corrected chi connectivity index (χ2v) is 5.29. The summed E-state index contributed by atoms with van der Waals surface area (Å²) in [7, 11) is 0. The Labute approximate surface area is 96.1 Å². The van der Waals surface area contributed by atoms with E-state index in [9.17, 15) is 4.39 Å². The topological polar surface area (TPSA) is 12.0 Å². The summed E-state index contributed by atoms with van der Waals surface area (Å²) in [6.45, 7) is 0.883. The molecule has 3 rings (SSSR count). The smallest absolute Gasteiger partial charge is 0.123 e. The van der Waals surface area contributed by atoms with Crippen molar-refractivity contribution in [2.24, 2.45) is 11.8 Å². The van der Waals surface area contributed by atoms with Crippen LogP contribution in [0.15, 0.2) is 24.3 Å². The Bertz CT molecular complexity index is 360. The molecule has 2 fully saturated rings. The maximum atomic E-state index is 12.7. The van der Waals surface area contributed by atoms with E-state index in [1.807, 2.05) is 12.1 Å². The van der Waals surface area contributed by atoms with Gasteiger partial charge in [-0.05, 0) is 48.8 Å². The van der Waals surface area contributed by atoms with Crippen molar-refractivity contribution in [1.29, 1.82) is 0 Å². The average molecular weight is 219 g/mol. The highest BCUT2D eigenvalue weighted by Crippen LogP contribution is 2.44. The minimum Gasteiger partial charge on any atom is -0.310 e. The lowest BCUT2D eigenvalue weighted by Gasteiger charge is -2.23. The van der Waals surface area contributed by atoms with Crippen LogP contribution in [0.3, 0.4) is 0 Å². The summed E-state index contributed by atoms with van der Waals surface area (Å²) < 4.78 is 12.7. The number of benzene rings is 1. The zero-order chi connectivity index (χ0) is 11.0. The SMILES string of the molecule is Fc1ccc(CNC2CC3CCC2C3)cc1. The molecule has 0 heterocycles. The number of hydrogen-bond donors (Lipinski definition) is 1. The molecule has 2 aliphatic rings. The highest BCUT2D eigenvalue weighted by Gasteiger charge is 2.38. The third kappa shape index (κ3) is 1.99.